The van der Waals surface area contributed by atoms with E-state index < -0.39 is 11.7 Å². The number of nitrogens with zero attached hydrogens (tertiary/aromatic N) is 3. The van der Waals surface area contributed by atoms with Gasteiger partial charge < -0.3 is 15.4 Å². The third kappa shape index (κ3) is 4.43. The number of alkyl halides is 3. The van der Waals surface area contributed by atoms with E-state index in [4.69, 9.17) is 4.74 Å². The SMILES string of the molecule is COc1ccc(C)cc1Nc1cnnc(Nc2ccccc2C(F)(F)F)n1. The van der Waals surface area contributed by atoms with E-state index in [-0.39, 0.29) is 11.6 Å². The molecule has 140 valence electrons. The summed E-state index contributed by atoms with van der Waals surface area (Å²) < 4.78 is 44.6. The van der Waals surface area contributed by atoms with Crippen molar-refractivity contribution in [2.45, 2.75) is 13.1 Å². The maximum absolute atomic E-state index is 13.1. The fourth-order valence-corrected chi connectivity index (χ4v) is 2.43. The van der Waals surface area contributed by atoms with Crippen molar-refractivity contribution in [3.8, 4) is 5.75 Å². The molecule has 9 heteroatoms. The number of para-hydroxylation sites is 1. The van der Waals surface area contributed by atoms with Crippen molar-refractivity contribution in [1.29, 1.82) is 0 Å². The van der Waals surface area contributed by atoms with Crippen molar-refractivity contribution in [2.75, 3.05) is 17.7 Å². The average molecular weight is 375 g/mol. The quantitative estimate of drug-likeness (QED) is 0.674. The maximum atomic E-state index is 13.1. The van der Waals surface area contributed by atoms with E-state index >= 15 is 0 Å². The van der Waals surface area contributed by atoms with Crippen molar-refractivity contribution >= 4 is 23.1 Å². The molecule has 0 bridgehead atoms. The zero-order valence-corrected chi connectivity index (χ0v) is 14.5. The van der Waals surface area contributed by atoms with Gasteiger partial charge in [-0.1, -0.05) is 18.2 Å². The fourth-order valence-electron chi connectivity index (χ4n) is 2.43. The van der Waals surface area contributed by atoms with Crippen LogP contribution in [0.15, 0.2) is 48.7 Å². The van der Waals surface area contributed by atoms with Crippen LogP contribution in [-0.4, -0.2) is 22.3 Å². The van der Waals surface area contributed by atoms with Crippen LogP contribution in [0.5, 0.6) is 5.75 Å². The van der Waals surface area contributed by atoms with E-state index in [0.717, 1.165) is 11.6 Å². The lowest BCUT2D eigenvalue weighted by atomic mass is 10.1. The Morgan fingerprint density at radius 1 is 1.00 bits per heavy atom. The van der Waals surface area contributed by atoms with Gasteiger partial charge in [0.25, 0.3) is 0 Å². The number of rotatable bonds is 5. The molecule has 0 saturated heterocycles. The Morgan fingerprint density at radius 2 is 1.78 bits per heavy atom. The number of methoxy groups -OCH3 is 1. The third-order valence-corrected chi connectivity index (χ3v) is 3.66. The highest BCUT2D eigenvalue weighted by Crippen LogP contribution is 2.35. The lowest BCUT2D eigenvalue weighted by molar-refractivity contribution is -0.136. The van der Waals surface area contributed by atoms with Crippen molar-refractivity contribution in [3.63, 3.8) is 0 Å². The molecular formula is C18H16F3N5O. The largest absolute Gasteiger partial charge is 0.495 e. The lowest BCUT2D eigenvalue weighted by Gasteiger charge is -2.14. The van der Waals surface area contributed by atoms with Gasteiger partial charge in [0, 0.05) is 0 Å². The molecule has 0 atom stereocenters. The molecule has 0 aliphatic carbocycles. The fraction of sp³-hybridized carbons (Fsp3) is 0.167. The van der Waals surface area contributed by atoms with Gasteiger partial charge in [0.05, 0.1) is 30.2 Å². The Bertz CT molecular complexity index is 946. The highest BCUT2D eigenvalue weighted by Gasteiger charge is 2.33. The first-order valence-corrected chi connectivity index (χ1v) is 7.91. The van der Waals surface area contributed by atoms with Gasteiger partial charge in [0.1, 0.15) is 5.75 Å². The van der Waals surface area contributed by atoms with Crippen LogP contribution in [0.25, 0.3) is 0 Å². The highest BCUT2D eigenvalue weighted by atomic mass is 19.4. The highest BCUT2D eigenvalue weighted by molar-refractivity contribution is 5.66. The molecule has 3 aromatic rings. The van der Waals surface area contributed by atoms with Gasteiger partial charge in [-0.05, 0) is 36.8 Å². The Hall–Kier alpha value is -3.36. The molecular weight excluding hydrogens is 359 g/mol. The van der Waals surface area contributed by atoms with E-state index in [9.17, 15) is 13.2 Å². The van der Waals surface area contributed by atoms with Crippen LogP contribution in [0, 0.1) is 6.92 Å². The molecule has 0 radical (unpaired) electrons. The summed E-state index contributed by atoms with van der Waals surface area (Å²) in [4.78, 5) is 4.17. The normalized spacial score (nSPS) is 11.1. The molecule has 0 amide bonds. The van der Waals surface area contributed by atoms with Gasteiger partial charge >= 0.3 is 6.18 Å². The number of ether oxygens (including phenoxy) is 1. The Morgan fingerprint density at radius 3 is 2.52 bits per heavy atom. The minimum absolute atomic E-state index is 0.0664. The number of benzene rings is 2. The molecule has 0 aliphatic rings. The van der Waals surface area contributed by atoms with Gasteiger partial charge in [-0.3, -0.25) is 0 Å². The summed E-state index contributed by atoms with van der Waals surface area (Å²) in [6, 6.07) is 10.6. The van der Waals surface area contributed by atoms with E-state index in [1.54, 1.807) is 6.07 Å². The molecule has 3 rings (SSSR count). The minimum atomic E-state index is -4.50. The summed E-state index contributed by atoms with van der Waals surface area (Å²) in [5.41, 5.74) is 0.682. The summed E-state index contributed by atoms with van der Waals surface area (Å²) in [6.45, 7) is 1.92. The molecule has 0 aliphatic heterocycles. The van der Waals surface area contributed by atoms with Crippen molar-refractivity contribution in [1.82, 2.24) is 15.2 Å². The van der Waals surface area contributed by atoms with Crippen LogP contribution >= 0.6 is 0 Å². The standard InChI is InChI=1S/C18H16F3N5O/c1-11-7-8-15(27-2)14(9-11)23-16-10-22-26-17(25-16)24-13-6-4-3-5-12(13)18(19,20)21/h3-10H,1-2H3,(H2,23,24,25,26). The molecule has 2 aromatic carbocycles. The van der Waals surface area contributed by atoms with Crippen molar-refractivity contribution in [3.05, 3.63) is 59.8 Å². The van der Waals surface area contributed by atoms with Gasteiger partial charge in [0.2, 0.25) is 5.95 Å². The van der Waals surface area contributed by atoms with Crippen LogP contribution in [0.2, 0.25) is 0 Å². The summed E-state index contributed by atoms with van der Waals surface area (Å²) in [7, 11) is 1.54. The molecule has 0 saturated carbocycles. The average Bonchev–Trinajstić information content (AvgIpc) is 2.62. The van der Waals surface area contributed by atoms with E-state index in [1.807, 2.05) is 19.1 Å². The summed E-state index contributed by atoms with van der Waals surface area (Å²) in [5, 5.41) is 13.1. The van der Waals surface area contributed by atoms with Gasteiger partial charge in [-0.15, -0.1) is 5.10 Å². The zero-order chi connectivity index (χ0) is 19.4. The summed E-state index contributed by atoms with van der Waals surface area (Å²) >= 11 is 0. The van der Waals surface area contributed by atoms with Crippen LogP contribution < -0.4 is 15.4 Å². The number of halogens is 3. The van der Waals surface area contributed by atoms with Crippen LogP contribution in [0.1, 0.15) is 11.1 Å². The van der Waals surface area contributed by atoms with Crippen LogP contribution in [-0.2, 0) is 6.18 Å². The van der Waals surface area contributed by atoms with E-state index in [1.165, 1.54) is 31.5 Å². The molecule has 1 heterocycles. The first-order valence-electron chi connectivity index (χ1n) is 7.91. The molecule has 2 N–H and O–H groups in total. The molecule has 6 nitrogen and oxygen atoms in total. The van der Waals surface area contributed by atoms with Gasteiger partial charge in [-0.2, -0.15) is 23.3 Å². The Balaban J connectivity index is 1.87. The molecule has 0 fully saturated rings. The third-order valence-electron chi connectivity index (χ3n) is 3.66. The first-order chi connectivity index (χ1) is 12.9. The number of nitrogens with one attached hydrogen (secondary N) is 2. The van der Waals surface area contributed by atoms with Crippen molar-refractivity contribution in [2.24, 2.45) is 0 Å². The number of aryl methyl sites for hydroxylation is 1. The summed E-state index contributed by atoms with van der Waals surface area (Å²) in [5.74, 6) is 0.834. The van der Waals surface area contributed by atoms with Gasteiger partial charge in [-0.25, -0.2) is 0 Å². The van der Waals surface area contributed by atoms with E-state index in [0.29, 0.717) is 17.3 Å². The topological polar surface area (TPSA) is 72.0 Å². The first kappa shape index (κ1) is 18.4. The Labute approximate surface area is 153 Å². The van der Waals surface area contributed by atoms with E-state index in [2.05, 4.69) is 25.8 Å². The molecule has 1 aromatic heterocycles. The van der Waals surface area contributed by atoms with Crippen molar-refractivity contribution < 1.29 is 17.9 Å². The number of aromatic nitrogens is 3. The zero-order valence-electron chi connectivity index (χ0n) is 14.5. The predicted molar refractivity (Wildman–Crippen MR) is 95.6 cm³/mol. The summed E-state index contributed by atoms with van der Waals surface area (Å²) in [6.07, 6.45) is -3.13. The number of anilines is 4. The second kappa shape index (κ2) is 7.48. The monoisotopic (exact) mass is 375 g/mol. The maximum Gasteiger partial charge on any atom is 0.418 e. The second-order valence-electron chi connectivity index (χ2n) is 5.66. The number of hydrogen-bond acceptors (Lipinski definition) is 6. The molecule has 27 heavy (non-hydrogen) atoms. The van der Waals surface area contributed by atoms with Gasteiger partial charge in [0.15, 0.2) is 5.82 Å². The predicted octanol–water partition coefficient (Wildman–Crippen LogP) is 4.69. The number of hydrogen-bond donors (Lipinski definition) is 2. The smallest absolute Gasteiger partial charge is 0.418 e. The van der Waals surface area contributed by atoms with Crippen LogP contribution in [0.4, 0.5) is 36.3 Å². The Kier molecular flexibility index (Phi) is 5.11. The van der Waals surface area contributed by atoms with Crippen LogP contribution in [0.3, 0.4) is 0 Å². The molecule has 0 unspecified atom stereocenters. The second-order valence-corrected chi connectivity index (χ2v) is 5.66. The molecule has 0 spiro atoms. The minimum Gasteiger partial charge on any atom is -0.495 e. The lowest BCUT2D eigenvalue weighted by Crippen LogP contribution is -2.10.